The maximum atomic E-state index is 13.0. The summed E-state index contributed by atoms with van der Waals surface area (Å²) in [7, 11) is 1.66. The number of aromatic nitrogens is 1. The first-order valence-electron chi connectivity index (χ1n) is 11.6. The number of hydrogen-bond donors (Lipinski definition) is 0. The van der Waals surface area contributed by atoms with Gasteiger partial charge in [0.1, 0.15) is 5.75 Å². The summed E-state index contributed by atoms with van der Waals surface area (Å²) in [6.07, 6.45) is 4.26. The lowest BCUT2D eigenvalue weighted by atomic mass is 10.1. The molecule has 178 valence electrons. The van der Waals surface area contributed by atoms with Gasteiger partial charge in [0.25, 0.3) is 0 Å². The van der Waals surface area contributed by atoms with Gasteiger partial charge in [-0.15, -0.1) is 0 Å². The third-order valence-electron chi connectivity index (χ3n) is 6.26. The van der Waals surface area contributed by atoms with Crippen molar-refractivity contribution in [2.24, 2.45) is 0 Å². The van der Waals surface area contributed by atoms with Crippen molar-refractivity contribution in [2.45, 2.75) is 40.7 Å². The predicted octanol–water partition coefficient (Wildman–Crippen LogP) is 4.06. The van der Waals surface area contributed by atoms with E-state index in [0.29, 0.717) is 25.3 Å². The van der Waals surface area contributed by atoms with Gasteiger partial charge in [0.15, 0.2) is 0 Å². The highest BCUT2D eigenvalue weighted by Crippen LogP contribution is 2.25. The van der Waals surface area contributed by atoms with Crippen molar-refractivity contribution in [3.8, 4) is 5.75 Å². The second-order valence-corrected chi connectivity index (χ2v) is 8.12. The van der Waals surface area contributed by atoms with Crippen LogP contribution in [0.3, 0.4) is 0 Å². The Morgan fingerprint density at radius 2 is 1.73 bits per heavy atom. The van der Waals surface area contributed by atoms with E-state index in [9.17, 15) is 9.59 Å². The number of rotatable bonds is 7. The number of esters is 1. The fraction of sp³-hybridized carbons (Fsp3) is 0.462. The second-order valence-electron chi connectivity index (χ2n) is 8.12. The predicted molar refractivity (Wildman–Crippen MR) is 131 cm³/mol. The molecule has 3 rings (SSSR count). The van der Waals surface area contributed by atoms with Gasteiger partial charge in [-0.1, -0.05) is 0 Å². The van der Waals surface area contributed by atoms with E-state index in [1.54, 1.807) is 26.2 Å². The first kappa shape index (κ1) is 24.4. The molecule has 2 aromatic rings. The largest absolute Gasteiger partial charge is 0.497 e. The number of nitrogens with zero attached hydrogens (tertiary/aromatic N) is 3. The standard InChI is InChI=1S/C26H35N3O4/c1-6-29-19(3)23(25(20(29)4)26(31)33-7-2)13-14-24(30)28-16-8-15-27(17-18-28)21-9-11-22(32-5)12-10-21/h9-14H,6-8,15-18H2,1-5H3/b14-13+. The van der Waals surface area contributed by atoms with Crippen molar-refractivity contribution in [2.75, 3.05) is 44.8 Å². The van der Waals surface area contributed by atoms with Crippen LogP contribution in [0.25, 0.3) is 6.08 Å². The molecule has 1 aliphatic rings. The van der Waals surface area contributed by atoms with Crippen molar-refractivity contribution in [1.82, 2.24) is 9.47 Å². The highest BCUT2D eigenvalue weighted by molar-refractivity contribution is 5.98. The average Bonchev–Trinajstić information content (AvgIpc) is 2.96. The van der Waals surface area contributed by atoms with Gasteiger partial charge in [0.2, 0.25) is 5.91 Å². The zero-order valence-corrected chi connectivity index (χ0v) is 20.4. The maximum Gasteiger partial charge on any atom is 0.340 e. The summed E-state index contributed by atoms with van der Waals surface area (Å²) in [5.74, 6) is 0.449. The van der Waals surface area contributed by atoms with E-state index in [0.717, 1.165) is 54.4 Å². The third-order valence-corrected chi connectivity index (χ3v) is 6.26. The number of ether oxygens (including phenoxy) is 2. The van der Waals surface area contributed by atoms with E-state index in [4.69, 9.17) is 9.47 Å². The molecule has 1 aliphatic heterocycles. The van der Waals surface area contributed by atoms with Gasteiger partial charge in [-0.3, -0.25) is 4.79 Å². The summed E-state index contributed by atoms with van der Waals surface area (Å²) in [6.45, 7) is 11.8. The minimum atomic E-state index is -0.345. The molecule has 33 heavy (non-hydrogen) atoms. The first-order valence-corrected chi connectivity index (χ1v) is 11.6. The SMILES string of the molecule is CCOC(=O)c1c(/C=C/C(=O)N2CCCN(c3ccc(OC)cc3)CC2)c(C)n(CC)c1C. The molecule has 1 aromatic heterocycles. The van der Waals surface area contributed by atoms with Gasteiger partial charge in [-0.2, -0.15) is 0 Å². The highest BCUT2D eigenvalue weighted by Gasteiger charge is 2.23. The monoisotopic (exact) mass is 453 g/mol. The number of hydrogen-bond acceptors (Lipinski definition) is 5. The van der Waals surface area contributed by atoms with Crippen molar-refractivity contribution in [1.29, 1.82) is 0 Å². The molecule has 0 spiro atoms. The fourth-order valence-electron chi connectivity index (χ4n) is 4.50. The van der Waals surface area contributed by atoms with Crippen molar-refractivity contribution in [3.63, 3.8) is 0 Å². The molecule has 0 N–H and O–H groups in total. The number of anilines is 1. The summed E-state index contributed by atoms with van der Waals surface area (Å²) in [5.41, 5.74) is 4.26. The molecule has 1 aromatic carbocycles. The molecule has 7 heteroatoms. The lowest BCUT2D eigenvalue weighted by molar-refractivity contribution is -0.125. The van der Waals surface area contributed by atoms with Gasteiger partial charge in [-0.05, 0) is 64.5 Å². The average molecular weight is 454 g/mol. The Morgan fingerprint density at radius 1 is 1.00 bits per heavy atom. The van der Waals surface area contributed by atoms with Crippen molar-refractivity contribution < 1.29 is 19.1 Å². The Labute approximate surface area is 196 Å². The highest BCUT2D eigenvalue weighted by atomic mass is 16.5. The molecular weight excluding hydrogens is 418 g/mol. The molecule has 0 aliphatic carbocycles. The molecule has 1 saturated heterocycles. The Balaban J connectivity index is 1.73. The minimum Gasteiger partial charge on any atom is -0.497 e. The topological polar surface area (TPSA) is 64.0 Å². The molecule has 0 bridgehead atoms. The van der Waals surface area contributed by atoms with Crippen LogP contribution in [0, 0.1) is 13.8 Å². The van der Waals surface area contributed by atoms with Crippen LogP contribution in [-0.2, 0) is 16.1 Å². The van der Waals surface area contributed by atoms with E-state index in [2.05, 4.69) is 21.6 Å². The normalized spacial score (nSPS) is 14.5. The van der Waals surface area contributed by atoms with Crippen LogP contribution >= 0.6 is 0 Å². The smallest absolute Gasteiger partial charge is 0.340 e. The summed E-state index contributed by atoms with van der Waals surface area (Å²) in [6, 6.07) is 8.02. The number of carbonyl (C=O) groups is 2. The second kappa shape index (κ2) is 11.1. The van der Waals surface area contributed by atoms with Gasteiger partial charge in [0.05, 0.1) is 19.3 Å². The van der Waals surface area contributed by atoms with Gasteiger partial charge >= 0.3 is 5.97 Å². The molecule has 0 saturated carbocycles. The summed E-state index contributed by atoms with van der Waals surface area (Å²) >= 11 is 0. The number of carbonyl (C=O) groups excluding carboxylic acids is 2. The Morgan fingerprint density at radius 3 is 2.36 bits per heavy atom. The van der Waals surface area contributed by atoms with E-state index < -0.39 is 0 Å². The Kier molecular flexibility index (Phi) is 8.20. The van der Waals surface area contributed by atoms with Crippen LogP contribution in [-0.4, -0.2) is 61.2 Å². The van der Waals surface area contributed by atoms with Crippen LogP contribution in [0.15, 0.2) is 30.3 Å². The van der Waals surface area contributed by atoms with Crippen LogP contribution in [0.5, 0.6) is 5.75 Å². The minimum absolute atomic E-state index is 0.0392. The quantitative estimate of drug-likeness (QED) is 0.467. The number of amides is 1. The molecule has 7 nitrogen and oxygen atoms in total. The van der Waals surface area contributed by atoms with Gasteiger partial charge in [-0.25, -0.2) is 4.79 Å². The van der Waals surface area contributed by atoms with E-state index >= 15 is 0 Å². The van der Waals surface area contributed by atoms with E-state index in [1.807, 2.05) is 37.8 Å². The maximum absolute atomic E-state index is 13.0. The third kappa shape index (κ3) is 5.41. The van der Waals surface area contributed by atoms with Crippen molar-refractivity contribution in [3.05, 3.63) is 52.9 Å². The molecule has 2 heterocycles. The van der Waals surface area contributed by atoms with Crippen LogP contribution in [0.2, 0.25) is 0 Å². The molecule has 0 unspecified atom stereocenters. The Hall–Kier alpha value is -3.22. The summed E-state index contributed by atoms with van der Waals surface area (Å²) < 4.78 is 12.6. The lowest BCUT2D eigenvalue weighted by Gasteiger charge is -2.23. The molecule has 1 amide bonds. The molecule has 0 atom stereocenters. The number of methoxy groups -OCH3 is 1. The van der Waals surface area contributed by atoms with E-state index in [-0.39, 0.29) is 11.9 Å². The molecule has 0 radical (unpaired) electrons. The molecule has 1 fully saturated rings. The fourth-order valence-corrected chi connectivity index (χ4v) is 4.50. The summed E-state index contributed by atoms with van der Waals surface area (Å²) in [5, 5.41) is 0. The Bertz CT molecular complexity index is 1010. The zero-order chi connectivity index (χ0) is 24.0. The van der Waals surface area contributed by atoms with Crippen molar-refractivity contribution >= 4 is 23.6 Å². The number of benzene rings is 1. The first-order chi connectivity index (χ1) is 15.9. The van der Waals surface area contributed by atoms with Gasteiger partial charge < -0.3 is 23.8 Å². The zero-order valence-electron chi connectivity index (χ0n) is 20.4. The van der Waals surface area contributed by atoms with Gasteiger partial charge in [0, 0.05) is 61.4 Å². The summed E-state index contributed by atoms with van der Waals surface area (Å²) in [4.78, 5) is 29.8. The lowest BCUT2D eigenvalue weighted by Crippen LogP contribution is -2.34. The molecular formula is C26H35N3O4. The van der Waals surface area contributed by atoms with Crippen LogP contribution in [0.1, 0.15) is 47.6 Å². The van der Waals surface area contributed by atoms with E-state index in [1.165, 1.54) is 0 Å². The van der Waals surface area contributed by atoms with Crippen LogP contribution in [0.4, 0.5) is 5.69 Å². The van der Waals surface area contributed by atoms with Crippen LogP contribution < -0.4 is 9.64 Å².